The van der Waals surface area contributed by atoms with Crippen molar-refractivity contribution in [3.63, 3.8) is 0 Å². The minimum Gasteiger partial charge on any atom is -0.371 e. The molecule has 0 aromatic carbocycles. The molecule has 0 atom stereocenters. The normalized spacial score (nSPS) is 10.6. The number of rotatable bonds is 2. The van der Waals surface area contributed by atoms with E-state index in [1.807, 2.05) is 30.1 Å². The van der Waals surface area contributed by atoms with Crippen LogP contribution in [0.5, 0.6) is 0 Å². The molecule has 0 amide bonds. The van der Waals surface area contributed by atoms with Gasteiger partial charge in [-0.2, -0.15) is 0 Å². The molecular weight excluding hydrogens is 184 g/mol. The number of anilines is 1. The van der Waals surface area contributed by atoms with E-state index in [4.69, 9.17) is 0 Å². The molecule has 13 heavy (non-hydrogen) atoms. The van der Waals surface area contributed by atoms with Gasteiger partial charge in [0.1, 0.15) is 5.52 Å². The van der Waals surface area contributed by atoms with Crippen molar-refractivity contribution in [2.24, 2.45) is 0 Å². The minimum atomic E-state index is 0.857. The molecule has 0 bridgehead atoms. The van der Waals surface area contributed by atoms with E-state index in [0.717, 1.165) is 16.5 Å². The summed E-state index contributed by atoms with van der Waals surface area (Å²) in [4.78, 5) is 8.46. The lowest BCUT2D eigenvalue weighted by Gasteiger charge is -2.01. The van der Waals surface area contributed by atoms with Gasteiger partial charge in [-0.3, -0.25) is 4.40 Å². The van der Waals surface area contributed by atoms with Crippen molar-refractivity contribution in [3.8, 4) is 0 Å². The van der Waals surface area contributed by atoms with Crippen LogP contribution in [0.2, 0.25) is 0 Å². The molecule has 2 rings (SSSR count). The maximum absolute atomic E-state index is 4.27. The first kappa shape index (κ1) is 8.37. The maximum atomic E-state index is 4.27. The zero-order valence-electron chi connectivity index (χ0n) is 7.48. The van der Waals surface area contributed by atoms with E-state index in [1.54, 1.807) is 18.0 Å². The number of hydrogen-bond donors (Lipinski definition) is 1. The summed E-state index contributed by atoms with van der Waals surface area (Å²) >= 11 is 1.62. The van der Waals surface area contributed by atoms with Gasteiger partial charge in [0, 0.05) is 19.4 Å². The second-order valence-electron chi connectivity index (χ2n) is 2.53. The molecule has 5 heteroatoms. The Balaban J connectivity index is 2.72. The van der Waals surface area contributed by atoms with Crippen LogP contribution >= 0.6 is 11.8 Å². The van der Waals surface area contributed by atoms with Crippen LogP contribution in [0.4, 0.5) is 5.82 Å². The number of thioether (sulfide) groups is 1. The SMILES string of the molecule is CNc1nccn2c(SC)ncc12. The van der Waals surface area contributed by atoms with Gasteiger partial charge in [-0.25, -0.2) is 9.97 Å². The second kappa shape index (κ2) is 3.26. The van der Waals surface area contributed by atoms with Gasteiger partial charge in [-0.05, 0) is 6.26 Å². The summed E-state index contributed by atoms with van der Waals surface area (Å²) < 4.78 is 2.02. The largest absolute Gasteiger partial charge is 0.371 e. The molecule has 0 saturated heterocycles. The molecule has 0 spiro atoms. The number of hydrogen-bond acceptors (Lipinski definition) is 4. The van der Waals surface area contributed by atoms with Crippen LogP contribution in [-0.2, 0) is 0 Å². The van der Waals surface area contributed by atoms with Crippen molar-refractivity contribution < 1.29 is 0 Å². The fourth-order valence-corrected chi connectivity index (χ4v) is 1.76. The third-order valence-corrected chi connectivity index (χ3v) is 2.51. The summed E-state index contributed by atoms with van der Waals surface area (Å²) in [6.07, 6.45) is 7.51. The summed E-state index contributed by atoms with van der Waals surface area (Å²) in [6, 6.07) is 0. The lowest BCUT2D eigenvalue weighted by molar-refractivity contribution is 0.951. The zero-order chi connectivity index (χ0) is 9.26. The molecule has 0 fully saturated rings. The fourth-order valence-electron chi connectivity index (χ4n) is 1.25. The molecule has 68 valence electrons. The number of imidazole rings is 1. The molecule has 2 aromatic heterocycles. The molecule has 0 saturated carbocycles. The Labute approximate surface area is 80.4 Å². The highest BCUT2D eigenvalue weighted by Crippen LogP contribution is 2.19. The van der Waals surface area contributed by atoms with Crippen LogP contribution < -0.4 is 5.32 Å². The van der Waals surface area contributed by atoms with E-state index in [0.29, 0.717) is 0 Å². The average molecular weight is 194 g/mol. The third-order valence-electron chi connectivity index (χ3n) is 1.84. The first-order valence-electron chi connectivity index (χ1n) is 3.90. The summed E-state index contributed by atoms with van der Waals surface area (Å²) in [6.45, 7) is 0. The minimum absolute atomic E-state index is 0.857. The monoisotopic (exact) mass is 194 g/mol. The molecule has 4 nitrogen and oxygen atoms in total. The van der Waals surface area contributed by atoms with E-state index in [-0.39, 0.29) is 0 Å². The quantitative estimate of drug-likeness (QED) is 0.735. The maximum Gasteiger partial charge on any atom is 0.172 e. The van der Waals surface area contributed by atoms with Crippen molar-refractivity contribution in [1.29, 1.82) is 0 Å². The summed E-state index contributed by atoms with van der Waals surface area (Å²) in [5.41, 5.74) is 1.01. The first-order chi connectivity index (χ1) is 6.36. The van der Waals surface area contributed by atoms with Gasteiger partial charge in [0.05, 0.1) is 6.20 Å². The molecular formula is C8H10N4S. The number of nitrogens with zero attached hydrogens (tertiary/aromatic N) is 3. The van der Waals surface area contributed by atoms with Gasteiger partial charge in [-0.1, -0.05) is 11.8 Å². The Morgan fingerprint density at radius 1 is 1.46 bits per heavy atom. The highest BCUT2D eigenvalue weighted by Gasteiger charge is 2.05. The van der Waals surface area contributed by atoms with E-state index < -0.39 is 0 Å². The predicted octanol–water partition coefficient (Wildman–Crippen LogP) is 1.49. The average Bonchev–Trinajstić information content (AvgIpc) is 2.60. The van der Waals surface area contributed by atoms with Crippen molar-refractivity contribution in [2.45, 2.75) is 5.16 Å². The van der Waals surface area contributed by atoms with Crippen LogP contribution in [0.1, 0.15) is 0 Å². The van der Waals surface area contributed by atoms with E-state index in [2.05, 4.69) is 15.3 Å². The topological polar surface area (TPSA) is 42.2 Å². The van der Waals surface area contributed by atoms with Gasteiger partial charge in [0.2, 0.25) is 0 Å². The lowest BCUT2D eigenvalue weighted by atomic mass is 10.5. The van der Waals surface area contributed by atoms with Crippen LogP contribution in [-0.4, -0.2) is 27.7 Å². The molecule has 1 N–H and O–H groups in total. The molecule has 0 aliphatic rings. The molecule has 0 aliphatic carbocycles. The Kier molecular flexibility index (Phi) is 2.10. The zero-order valence-corrected chi connectivity index (χ0v) is 8.30. The van der Waals surface area contributed by atoms with Gasteiger partial charge in [0.25, 0.3) is 0 Å². The van der Waals surface area contributed by atoms with Crippen LogP contribution in [0.25, 0.3) is 5.52 Å². The van der Waals surface area contributed by atoms with Gasteiger partial charge in [0.15, 0.2) is 11.0 Å². The van der Waals surface area contributed by atoms with Crippen LogP contribution in [0, 0.1) is 0 Å². The van der Waals surface area contributed by atoms with Crippen LogP contribution in [0.15, 0.2) is 23.7 Å². The van der Waals surface area contributed by atoms with Gasteiger partial charge < -0.3 is 5.32 Å². The second-order valence-corrected chi connectivity index (χ2v) is 3.30. The molecule has 0 unspecified atom stereocenters. The Bertz CT molecular complexity index is 423. The summed E-state index contributed by atoms with van der Waals surface area (Å²) in [7, 11) is 1.86. The van der Waals surface area contributed by atoms with E-state index in [1.165, 1.54) is 0 Å². The molecule has 2 aromatic rings. The van der Waals surface area contributed by atoms with Crippen molar-refractivity contribution in [2.75, 3.05) is 18.6 Å². The number of aromatic nitrogens is 3. The molecule has 2 heterocycles. The Morgan fingerprint density at radius 3 is 3.00 bits per heavy atom. The van der Waals surface area contributed by atoms with Crippen molar-refractivity contribution >= 4 is 23.1 Å². The van der Waals surface area contributed by atoms with Gasteiger partial charge in [-0.15, -0.1) is 0 Å². The smallest absolute Gasteiger partial charge is 0.172 e. The Hall–Kier alpha value is -1.23. The highest BCUT2D eigenvalue weighted by atomic mass is 32.2. The standard InChI is InChI=1S/C8H10N4S/c1-9-7-6-5-11-8(13-2)12(6)4-3-10-7/h3-5H,1-2H3,(H,9,10). The molecule has 0 aliphatic heterocycles. The van der Waals surface area contributed by atoms with Gasteiger partial charge >= 0.3 is 0 Å². The van der Waals surface area contributed by atoms with Crippen molar-refractivity contribution in [3.05, 3.63) is 18.6 Å². The fraction of sp³-hybridized carbons (Fsp3) is 0.250. The molecule has 0 radical (unpaired) electrons. The van der Waals surface area contributed by atoms with Crippen LogP contribution in [0.3, 0.4) is 0 Å². The predicted molar refractivity (Wildman–Crippen MR) is 54.3 cm³/mol. The van der Waals surface area contributed by atoms with E-state index >= 15 is 0 Å². The number of nitrogens with one attached hydrogen (secondary N) is 1. The highest BCUT2D eigenvalue weighted by molar-refractivity contribution is 7.98. The summed E-state index contributed by atoms with van der Waals surface area (Å²) in [5, 5.41) is 4.01. The first-order valence-corrected chi connectivity index (χ1v) is 5.13. The van der Waals surface area contributed by atoms with Crippen molar-refractivity contribution in [1.82, 2.24) is 14.4 Å². The lowest BCUT2D eigenvalue weighted by Crippen LogP contribution is -1.96. The number of fused-ring (bicyclic) bond motifs is 1. The Morgan fingerprint density at radius 2 is 2.31 bits per heavy atom. The summed E-state index contributed by atoms with van der Waals surface area (Å²) in [5.74, 6) is 0.857. The third kappa shape index (κ3) is 1.25. The van der Waals surface area contributed by atoms with E-state index in [9.17, 15) is 0 Å².